The van der Waals surface area contributed by atoms with Crippen molar-refractivity contribution in [3.05, 3.63) is 187 Å². The van der Waals surface area contributed by atoms with Crippen molar-refractivity contribution >= 4 is 70.4 Å². The van der Waals surface area contributed by atoms with Gasteiger partial charge in [0.15, 0.2) is 0 Å². The molecular formula is C51H36N2S. The van der Waals surface area contributed by atoms with Crippen molar-refractivity contribution in [2.75, 3.05) is 4.90 Å². The first-order valence-electron chi connectivity index (χ1n) is 18.7. The van der Waals surface area contributed by atoms with Crippen LogP contribution in [0.25, 0.3) is 75.4 Å². The van der Waals surface area contributed by atoms with E-state index in [9.17, 15) is 0 Å². The van der Waals surface area contributed by atoms with Gasteiger partial charge in [-0.15, -0.1) is 11.3 Å². The van der Waals surface area contributed by atoms with E-state index in [1.807, 2.05) is 11.3 Å². The van der Waals surface area contributed by atoms with Gasteiger partial charge in [0, 0.05) is 64.5 Å². The SMILES string of the molecule is CC1(C)c2ccccc2-c2ccc(N(c3ccc(-c4ccccc4)cc3)c3ccc4sc5ccc(-c6cccc7c6[nH]c6ccccc67)cc5c4c3)cc21. The summed E-state index contributed by atoms with van der Waals surface area (Å²) in [7, 11) is 0. The molecule has 1 aliphatic rings. The predicted molar refractivity (Wildman–Crippen MR) is 232 cm³/mol. The first-order valence-corrected chi connectivity index (χ1v) is 19.5. The monoisotopic (exact) mass is 708 g/mol. The highest BCUT2D eigenvalue weighted by atomic mass is 32.1. The molecule has 0 atom stereocenters. The van der Waals surface area contributed by atoms with Gasteiger partial charge in [0.2, 0.25) is 0 Å². The number of rotatable bonds is 5. The van der Waals surface area contributed by atoms with E-state index in [1.54, 1.807) is 0 Å². The maximum atomic E-state index is 3.72. The molecule has 0 spiro atoms. The molecule has 0 aliphatic heterocycles. The molecule has 2 heterocycles. The lowest BCUT2D eigenvalue weighted by Gasteiger charge is -2.28. The molecule has 0 amide bonds. The average molecular weight is 709 g/mol. The number of thiophene rings is 1. The number of nitrogens with one attached hydrogen (secondary N) is 1. The fourth-order valence-corrected chi connectivity index (χ4v) is 9.96. The minimum absolute atomic E-state index is 0.0947. The molecule has 11 rings (SSSR count). The molecular weight excluding hydrogens is 673 g/mol. The quantitative estimate of drug-likeness (QED) is 0.189. The Balaban J connectivity index is 1.08. The summed E-state index contributed by atoms with van der Waals surface area (Å²) >= 11 is 1.87. The Hall–Kier alpha value is -6.42. The Morgan fingerprint density at radius 2 is 1.04 bits per heavy atom. The molecule has 0 saturated heterocycles. The Morgan fingerprint density at radius 3 is 1.91 bits per heavy atom. The molecule has 10 aromatic rings. The fourth-order valence-electron chi connectivity index (χ4n) is 8.90. The third kappa shape index (κ3) is 4.72. The summed E-state index contributed by atoms with van der Waals surface area (Å²) in [6.45, 7) is 4.72. The van der Waals surface area contributed by atoms with Crippen LogP contribution in [0.5, 0.6) is 0 Å². The Morgan fingerprint density at radius 1 is 0.426 bits per heavy atom. The Kier molecular flexibility index (Phi) is 6.80. The second-order valence-electron chi connectivity index (χ2n) is 15.0. The van der Waals surface area contributed by atoms with E-state index in [4.69, 9.17) is 0 Å². The Bertz CT molecular complexity index is 3070. The van der Waals surface area contributed by atoms with Crippen molar-refractivity contribution in [1.29, 1.82) is 0 Å². The summed E-state index contributed by atoms with van der Waals surface area (Å²) in [5.74, 6) is 0. The zero-order chi connectivity index (χ0) is 36.0. The number of fused-ring (bicyclic) bond motifs is 9. The average Bonchev–Trinajstić information content (AvgIpc) is 3.86. The van der Waals surface area contributed by atoms with Crippen LogP contribution in [0.15, 0.2) is 176 Å². The van der Waals surface area contributed by atoms with Crippen LogP contribution in [0.1, 0.15) is 25.0 Å². The van der Waals surface area contributed by atoms with Crippen LogP contribution in [0.3, 0.4) is 0 Å². The van der Waals surface area contributed by atoms with Crippen molar-refractivity contribution in [3.8, 4) is 33.4 Å². The maximum Gasteiger partial charge on any atom is 0.0544 e. The van der Waals surface area contributed by atoms with E-state index >= 15 is 0 Å². The van der Waals surface area contributed by atoms with Gasteiger partial charge < -0.3 is 9.88 Å². The van der Waals surface area contributed by atoms with Crippen molar-refractivity contribution in [2.45, 2.75) is 19.3 Å². The third-order valence-electron chi connectivity index (χ3n) is 11.6. The molecule has 3 heteroatoms. The summed E-state index contributed by atoms with van der Waals surface area (Å²) in [5.41, 5.74) is 16.0. The van der Waals surface area contributed by atoms with Crippen molar-refractivity contribution in [1.82, 2.24) is 4.98 Å². The topological polar surface area (TPSA) is 19.0 Å². The molecule has 256 valence electrons. The van der Waals surface area contributed by atoms with E-state index < -0.39 is 0 Å². The number of anilines is 3. The molecule has 0 bridgehead atoms. The Labute approximate surface area is 318 Å². The number of hydrogen-bond acceptors (Lipinski definition) is 2. The van der Waals surface area contributed by atoms with E-state index in [-0.39, 0.29) is 5.41 Å². The van der Waals surface area contributed by atoms with Gasteiger partial charge in [0.05, 0.1) is 5.52 Å². The third-order valence-corrected chi connectivity index (χ3v) is 12.8. The molecule has 8 aromatic carbocycles. The second kappa shape index (κ2) is 11.8. The van der Waals surface area contributed by atoms with E-state index in [1.165, 1.54) is 86.5 Å². The van der Waals surface area contributed by atoms with Crippen LogP contribution in [0, 0.1) is 0 Å². The lowest BCUT2D eigenvalue weighted by atomic mass is 9.82. The minimum Gasteiger partial charge on any atom is -0.354 e. The number of hydrogen-bond donors (Lipinski definition) is 1. The van der Waals surface area contributed by atoms with Gasteiger partial charge in [0.1, 0.15) is 0 Å². The maximum absolute atomic E-state index is 3.72. The number of nitrogens with zero attached hydrogens (tertiary/aromatic N) is 1. The summed E-state index contributed by atoms with van der Waals surface area (Å²) in [6, 6.07) is 64.8. The molecule has 0 fully saturated rings. The number of aromatic amines is 1. The largest absolute Gasteiger partial charge is 0.354 e. The summed E-state index contributed by atoms with van der Waals surface area (Å²) in [4.78, 5) is 6.16. The van der Waals surface area contributed by atoms with Gasteiger partial charge in [-0.3, -0.25) is 0 Å². The molecule has 0 saturated carbocycles. The minimum atomic E-state index is -0.0947. The van der Waals surface area contributed by atoms with Gasteiger partial charge in [0.25, 0.3) is 0 Å². The highest BCUT2D eigenvalue weighted by Crippen LogP contribution is 2.51. The zero-order valence-corrected chi connectivity index (χ0v) is 30.9. The molecule has 0 unspecified atom stereocenters. The molecule has 2 nitrogen and oxygen atoms in total. The van der Waals surface area contributed by atoms with E-state index in [2.05, 4.69) is 200 Å². The van der Waals surface area contributed by atoms with Crippen molar-refractivity contribution < 1.29 is 0 Å². The highest BCUT2D eigenvalue weighted by Gasteiger charge is 2.35. The summed E-state index contributed by atoms with van der Waals surface area (Å²) in [6.07, 6.45) is 0. The highest BCUT2D eigenvalue weighted by molar-refractivity contribution is 7.25. The van der Waals surface area contributed by atoms with Crippen LogP contribution < -0.4 is 4.90 Å². The van der Waals surface area contributed by atoms with Crippen molar-refractivity contribution in [3.63, 3.8) is 0 Å². The van der Waals surface area contributed by atoms with Crippen LogP contribution in [-0.2, 0) is 5.41 Å². The van der Waals surface area contributed by atoms with Gasteiger partial charge in [-0.05, 0) is 99.6 Å². The predicted octanol–water partition coefficient (Wildman–Crippen LogP) is 14.8. The van der Waals surface area contributed by atoms with E-state index in [0.29, 0.717) is 0 Å². The van der Waals surface area contributed by atoms with Gasteiger partial charge >= 0.3 is 0 Å². The first kappa shape index (κ1) is 31.1. The van der Waals surface area contributed by atoms with E-state index in [0.717, 1.165) is 17.1 Å². The zero-order valence-electron chi connectivity index (χ0n) is 30.1. The molecule has 1 N–H and O–H groups in total. The number of benzene rings is 8. The molecule has 54 heavy (non-hydrogen) atoms. The summed E-state index contributed by atoms with van der Waals surface area (Å²) in [5, 5.41) is 5.08. The number of para-hydroxylation sites is 2. The normalized spacial score (nSPS) is 13.1. The van der Waals surface area contributed by atoms with Gasteiger partial charge in [-0.25, -0.2) is 0 Å². The number of H-pyrrole nitrogens is 1. The lowest BCUT2D eigenvalue weighted by molar-refractivity contribution is 0.660. The molecule has 1 aliphatic carbocycles. The first-order chi connectivity index (χ1) is 26.5. The smallest absolute Gasteiger partial charge is 0.0544 e. The molecule has 0 radical (unpaired) electrons. The summed E-state index contributed by atoms with van der Waals surface area (Å²) < 4.78 is 2.59. The van der Waals surface area contributed by atoms with Gasteiger partial charge in [-0.2, -0.15) is 0 Å². The number of aromatic nitrogens is 1. The lowest BCUT2D eigenvalue weighted by Crippen LogP contribution is -2.16. The van der Waals surface area contributed by atoms with Gasteiger partial charge in [-0.1, -0.05) is 129 Å². The van der Waals surface area contributed by atoms with Crippen LogP contribution in [0.4, 0.5) is 17.1 Å². The van der Waals surface area contributed by atoms with Crippen LogP contribution in [0.2, 0.25) is 0 Å². The standard InChI is InChI=1S/C51H36N2S/c1-51(2)45-17-8-6-13-39(45)40-26-24-37(31-46(40)51)53(35-22-19-33(20-23-35)32-11-4-3-5-12-32)36-25-28-49-44(30-36)43-29-34(21-27-48(43)54-49)38-15-10-16-42-41-14-7-9-18-47(41)52-50(38)42/h3-31,52H,1-2H3. The van der Waals surface area contributed by atoms with Crippen LogP contribution >= 0.6 is 11.3 Å². The second-order valence-corrected chi connectivity index (χ2v) is 16.1. The van der Waals surface area contributed by atoms with Crippen LogP contribution in [-0.4, -0.2) is 4.98 Å². The van der Waals surface area contributed by atoms with Crippen molar-refractivity contribution in [2.24, 2.45) is 0 Å². The molecule has 2 aromatic heterocycles. The fraction of sp³-hybridized carbons (Fsp3) is 0.0588.